The van der Waals surface area contributed by atoms with Gasteiger partial charge in [0.25, 0.3) is 5.91 Å². The van der Waals surface area contributed by atoms with Crippen LogP contribution in [0.3, 0.4) is 0 Å². The molecule has 3 aromatic rings. The molecule has 0 spiro atoms. The van der Waals surface area contributed by atoms with Crippen LogP contribution in [0.25, 0.3) is 10.9 Å². The van der Waals surface area contributed by atoms with Crippen LogP contribution in [0.4, 0.5) is 5.69 Å². The number of fused-ring (bicyclic) bond motifs is 1. The SMILES string of the molecule is Cc1cc(NC(=O)c2n[nH]c3ccccc23)c(C)cc1O. The second-order valence-electron chi connectivity index (χ2n) is 5.03. The van der Waals surface area contributed by atoms with Crippen molar-refractivity contribution < 1.29 is 9.90 Å². The highest BCUT2D eigenvalue weighted by atomic mass is 16.3. The topological polar surface area (TPSA) is 78.0 Å². The fourth-order valence-corrected chi connectivity index (χ4v) is 2.25. The highest BCUT2D eigenvalue weighted by Gasteiger charge is 2.15. The fraction of sp³-hybridized carbons (Fsp3) is 0.125. The van der Waals surface area contributed by atoms with Gasteiger partial charge in [0.05, 0.1) is 5.52 Å². The summed E-state index contributed by atoms with van der Waals surface area (Å²) in [6.45, 7) is 3.62. The monoisotopic (exact) mass is 281 g/mol. The number of nitrogens with zero attached hydrogens (tertiary/aromatic N) is 1. The van der Waals surface area contributed by atoms with Crippen LogP contribution in [0.15, 0.2) is 36.4 Å². The third kappa shape index (κ3) is 2.33. The molecule has 0 bridgehead atoms. The number of hydrogen-bond acceptors (Lipinski definition) is 3. The van der Waals surface area contributed by atoms with E-state index in [1.807, 2.05) is 31.2 Å². The molecule has 0 fully saturated rings. The Morgan fingerprint density at radius 3 is 2.76 bits per heavy atom. The number of nitrogens with one attached hydrogen (secondary N) is 2. The van der Waals surface area contributed by atoms with Crippen molar-refractivity contribution in [3.63, 3.8) is 0 Å². The molecule has 1 amide bonds. The molecular formula is C16H15N3O2. The van der Waals surface area contributed by atoms with Crippen LogP contribution in [-0.2, 0) is 0 Å². The van der Waals surface area contributed by atoms with E-state index in [0.29, 0.717) is 16.9 Å². The molecule has 0 aliphatic heterocycles. The number of carbonyl (C=O) groups excluding carboxylic acids is 1. The van der Waals surface area contributed by atoms with E-state index in [9.17, 15) is 9.90 Å². The molecule has 0 atom stereocenters. The molecule has 0 radical (unpaired) electrons. The number of phenols is 1. The molecule has 0 saturated heterocycles. The number of para-hydroxylation sites is 1. The third-order valence-corrected chi connectivity index (χ3v) is 3.48. The molecule has 0 saturated carbocycles. The maximum Gasteiger partial charge on any atom is 0.276 e. The number of benzene rings is 2. The van der Waals surface area contributed by atoms with E-state index in [0.717, 1.165) is 16.5 Å². The Hall–Kier alpha value is -2.82. The van der Waals surface area contributed by atoms with Crippen molar-refractivity contribution in [2.45, 2.75) is 13.8 Å². The van der Waals surface area contributed by atoms with Crippen LogP contribution in [0.5, 0.6) is 5.75 Å². The Morgan fingerprint density at radius 2 is 1.95 bits per heavy atom. The van der Waals surface area contributed by atoms with E-state index in [-0.39, 0.29) is 11.7 Å². The van der Waals surface area contributed by atoms with Gasteiger partial charge >= 0.3 is 0 Å². The molecule has 0 aliphatic rings. The molecular weight excluding hydrogens is 266 g/mol. The van der Waals surface area contributed by atoms with E-state index >= 15 is 0 Å². The van der Waals surface area contributed by atoms with Crippen molar-refractivity contribution in [2.24, 2.45) is 0 Å². The second-order valence-corrected chi connectivity index (χ2v) is 5.03. The van der Waals surface area contributed by atoms with Gasteiger partial charge in [-0.3, -0.25) is 9.89 Å². The molecule has 3 N–H and O–H groups in total. The average molecular weight is 281 g/mol. The van der Waals surface area contributed by atoms with Crippen molar-refractivity contribution in [1.82, 2.24) is 10.2 Å². The largest absolute Gasteiger partial charge is 0.508 e. The van der Waals surface area contributed by atoms with E-state index in [1.54, 1.807) is 19.1 Å². The number of rotatable bonds is 2. The van der Waals surface area contributed by atoms with Crippen molar-refractivity contribution in [1.29, 1.82) is 0 Å². The van der Waals surface area contributed by atoms with Gasteiger partial charge in [-0.05, 0) is 43.2 Å². The summed E-state index contributed by atoms with van der Waals surface area (Å²) in [4.78, 5) is 12.4. The summed E-state index contributed by atoms with van der Waals surface area (Å²) < 4.78 is 0. The van der Waals surface area contributed by atoms with E-state index in [4.69, 9.17) is 0 Å². The number of aromatic nitrogens is 2. The minimum absolute atomic E-state index is 0.218. The zero-order valence-corrected chi connectivity index (χ0v) is 11.8. The van der Waals surface area contributed by atoms with Crippen LogP contribution < -0.4 is 5.32 Å². The summed E-state index contributed by atoms with van der Waals surface area (Å²) in [6.07, 6.45) is 0. The summed E-state index contributed by atoms with van der Waals surface area (Å²) in [7, 11) is 0. The number of aromatic amines is 1. The Balaban J connectivity index is 1.95. The molecule has 2 aromatic carbocycles. The van der Waals surface area contributed by atoms with Gasteiger partial charge in [0.15, 0.2) is 5.69 Å². The highest BCUT2D eigenvalue weighted by Crippen LogP contribution is 2.26. The van der Waals surface area contributed by atoms with Crippen molar-refractivity contribution in [3.8, 4) is 5.75 Å². The molecule has 1 heterocycles. The van der Waals surface area contributed by atoms with Gasteiger partial charge in [-0.1, -0.05) is 18.2 Å². The lowest BCUT2D eigenvalue weighted by Crippen LogP contribution is -2.13. The molecule has 5 heteroatoms. The highest BCUT2D eigenvalue weighted by molar-refractivity contribution is 6.11. The number of amides is 1. The van der Waals surface area contributed by atoms with Gasteiger partial charge in [0.1, 0.15) is 5.75 Å². The fourth-order valence-electron chi connectivity index (χ4n) is 2.25. The lowest BCUT2D eigenvalue weighted by molar-refractivity contribution is 0.102. The van der Waals surface area contributed by atoms with Gasteiger partial charge in [0, 0.05) is 11.1 Å². The first-order valence-corrected chi connectivity index (χ1v) is 6.61. The minimum Gasteiger partial charge on any atom is -0.508 e. The first kappa shape index (κ1) is 13.2. The number of carbonyl (C=O) groups is 1. The predicted octanol–water partition coefficient (Wildman–Crippen LogP) is 3.14. The minimum atomic E-state index is -0.277. The summed E-state index contributed by atoms with van der Waals surface area (Å²) >= 11 is 0. The lowest BCUT2D eigenvalue weighted by atomic mass is 10.1. The predicted molar refractivity (Wildman–Crippen MR) is 81.6 cm³/mol. The normalized spacial score (nSPS) is 10.8. The Bertz CT molecular complexity index is 837. The number of anilines is 1. The van der Waals surface area contributed by atoms with Crippen LogP contribution in [0.2, 0.25) is 0 Å². The van der Waals surface area contributed by atoms with Gasteiger partial charge < -0.3 is 10.4 Å². The summed E-state index contributed by atoms with van der Waals surface area (Å²) in [5, 5.41) is 20.2. The number of aryl methyl sites for hydroxylation is 2. The lowest BCUT2D eigenvalue weighted by Gasteiger charge is -2.09. The van der Waals surface area contributed by atoms with Crippen LogP contribution in [0.1, 0.15) is 21.6 Å². The first-order valence-electron chi connectivity index (χ1n) is 6.61. The van der Waals surface area contributed by atoms with Gasteiger partial charge in [0.2, 0.25) is 0 Å². The summed E-state index contributed by atoms with van der Waals surface area (Å²) in [6, 6.07) is 10.9. The van der Waals surface area contributed by atoms with Crippen LogP contribution >= 0.6 is 0 Å². The molecule has 0 aliphatic carbocycles. The average Bonchev–Trinajstić information content (AvgIpc) is 2.88. The standard InChI is InChI=1S/C16H15N3O2/c1-9-8-14(20)10(2)7-13(9)17-16(21)15-11-5-3-4-6-12(11)18-19-15/h3-8,20H,1-2H3,(H,17,21)(H,18,19). The van der Waals surface area contributed by atoms with Crippen LogP contribution in [0, 0.1) is 13.8 Å². The number of hydrogen-bond donors (Lipinski definition) is 3. The molecule has 3 rings (SSSR count). The van der Waals surface area contributed by atoms with Crippen molar-refractivity contribution >= 4 is 22.5 Å². The molecule has 21 heavy (non-hydrogen) atoms. The zero-order chi connectivity index (χ0) is 15.0. The summed E-state index contributed by atoms with van der Waals surface area (Å²) in [5.41, 5.74) is 3.36. The van der Waals surface area contributed by atoms with Crippen molar-refractivity contribution in [2.75, 3.05) is 5.32 Å². The quantitative estimate of drug-likeness (QED) is 0.631. The van der Waals surface area contributed by atoms with E-state index in [1.165, 1.54) is 0 Å². The van der Waals surface area contributed by atoms with Gasteiger partial charge in [-0.15, -0.1) is 0 Å². The Morgan fingerprint density at radius 1 is 1.19 bits per heavy atom. The molecule has 5 nitrogen and oxygen atoms in total. The summed E-state index contributed by atoms with van der Waals surface area (Å²) in [5.74, 6) is -0.0589. The smallest absolute Gasteiger partial charge is 0.276 e. The van der Waals surface area contributed by atoms with Gasteiger partial charge in [-0.2, -0.15) is 5.10 Å². The van der Waals surface area contributed by atoms with Crippen molar-refractivity contribution in [3.05, 3.63) is 53.2 Å². The second kappa shape index (κ2) is 4.94. The Labute approximate surface area is 121 Å². The third-order valence-electron chi connectivity index (χ3n) is 3.48. The first-order chi connectivity index (χ1) is 10.1. The van der Waals surface area contributed by atoms with E-state index in [2.05, 4.69) is 15.5 Å². The Kier molecular flexibility index (Phi) is 3.10. The van der Waals surface area contributed by atoms with E-state index < -0.39 is 0 Å². The molecule has 0 unspecified atom stereocenters. The maximum atomic E-state index is 12.4. The molecule has 106 valence electrons. The number of aromatic hydroxyl groups is 1. The molecule has 1 aromatic heterocycles. The van der Waals surface area contributed by atoms with Crippen LogP contribution in [-0.4, -0.2) is 21.2 Å². The number of phenolic OH excluding ortho intramolecular Hbond substituents is 1. The maximum absolute atomic E-state index is 12.4. The number of H-pyrrole nitrogens is 1. The zero-order valence-electron chi connectivity index (χ0n) is 11.8. The van der Waals surface area contributed by atoms with Gasteiger partial charge in [-0.25, -0.2) is 0 Å².